The van der Waals surface area contributed by atoms with E-state index in [0.29, 0.717) is 0 Å². The first-order valence-corrected chi connectivity index (χ1v) is 6.86. The maximum absolute atomic E-state index is 11.9. The number of ketones is 2. The van der Waals surface area contributed by atoms with Crippen LogP contribution in [0.1, 0.15) is 12.5 Å². The minimum Gasteiger partial charge on any atom is -0.445 e. The summed E-state index contributed by atoms with van der Waals surface area (Å²) in [5, 5.41) is 4.29. The maximum atomic E-state index is 11.9. The van der Waals surface area contributed by atoms with E-state index in [1.165, 1.54) is 7.05 Å². The molecule has 4 N–H and O–H groups in total. The van der Waals surface area contributed by atoms with E-state index in [1.54, 1.807) is 24.3 Å². The van der Waals surface area contributed by atoms with E-state index in [2.05, 4.69) is 10.6 Å². The molecule has 0 fully saturated rings. The Labute approximate surface area is 133 Å². The molecule has 1 aromatic carbocycles. The first kappa shape index (κ1) is 18.3. The van der Waals surface area contributed by atoms with Crippen molar-refractivity contribution >= 4 is 23.6 Å². The molecule has 0 aliphatic rings. The zero-order chi connectivity index (χ0) is 17.4. The highest BCUT2D eigenvalue weighted by molar-refractivity contribution is 6.39. The highest BCUT2D eigenvalue weighted by atomic mass is 16.5. The second-order valence-electron chi connectivity index (χ2n) is 4.76. The zero-order valence-corrected chi connectivity index (χ0v) is 12.9. The van der Waals surface area contributed by atoms with E-state index in [1.807, 2.05) is 6.07 Å². The first-order chi connectivity index (χ1) is 10.9. The minimum atomic E-state index is -1.49. The molecule has 0 aliphatic heterocycles. The molecule has 124 valence electrons. The number of carbonyl (C=O) groups is 4. The van der Waals surface area contributed by atoms with Crippen molar-refractivity contribution in [1.82, 2.24) is 10.6 Å². The van der Waals surface area contributed by atoms with Crippen LogP contribution in [-0.2, 0) is 25.7 Å². The van der Waals surface area contributed by atoms with Crippen molar-refractivity contribution in [3.8, 4) is 0 Å². The number of hydrogen-bond donors (Lipinski definition) is 3. The SMILES string of the molecule is CNC(=O)C(=O)C(NC(=O)OCc1ccccc1)C(N)C(C)=O. The van der Waals surface area contributed by atoms with E-state index in [9.17, 15) is 19.2 Å². The summed E-state index contributed by atoms with van der Waals surface area (Å²) < 4.78 is 4.95. The van der Waals surface area contributed by atoms with E-state index >= 15 is 0 Å². The normalized spacial score (nSPS) is 12.7. The van der Waals surface area contributed by atoms with Gasteiger partial charge in [-0.1, -0.05) is 30.3 Å². The van der Waals surface area contributed by atoms with Crippen molar-refractivity contribution in [3.63, 3.8) is 0 Å². The third kappa shape index (κ3) is 5.51. The van der Waals surface area contributed by atoms with Crippen LogP contribution in [0.3, 0.4) is 0 Å². The lowest BCUT2D eigenvalue weighted by atomic mass is 10.0. The minimum absolute atomic E-state index is 0.0249. The number of rotatable bonds is 7. The van der Waals surface area contributed by atoms with Gasteiger partial charge in [-0.15, -0.1) is 0 Å². The molecule has 8 nitrogen and oxygen atoms in total. The Bertz CT molecular complexity index is 588. The number of benzene rings is 1. The van der Waals surface area contributed by atoms with Gasteiger partial charge in [0.05, 0.1) is 6.04 Å². The van der Waals surface area contributed by atoms with Crippen LogP contribution in [0, 0.1) is 0 Å². The summed E-state index contributed by atoms with van der Waals surface area (Å²) in [6.07, 6.45) is -0.951. The van der Waals surface area contributed by atoms with Gasteiger partial charge in [-0.2, -0.15) is 0 Å². The van der Waals surface area contributed by atoms with Crippen LogP contribution in [0.5, 0.6) is 0 Å². The van der Waals surface area contributed by atoms with E-state index in [-0.39, 0.29) is 6.61 Å². The summed E-state index contributed by atoms with van der Waals surface area (Å²) in [6, 6.07) is 6.04. The second-order valence-corrected chi connectivity index (χ2v) is 4.76. The van der Waals surface area contributed by atoms with Crippen LogP contribution in [0.4, 0.5) is 4.79 Å². The monoisotopic (exact) mass is 321 g/mol. The average Bonchev–Trinajstić information content (AvgIpc) is 2.56. The molecule has 0 saturated heterocycles. The molecule has 0 bridgehead atoms. The molecule has 0 radical (unpaired) electrons. The standard InChI is InChI=1S/C15H19N3O5/c1-9(19)11(16)12(13(20)14(21)17-2)18-15(22)23-8-10-6-4-3-5-7-10/h3-7,11-12H,8,16H2,1-2H3,(H,17,21)(H,18,22). The topological polar surface area (TPSA) is 128 Å². The number of likely N-dealkylation sites (N-methyl/N-ethyl adjacent to an activating group) is 1. The number of hydrogen-bond acceptors (Lipinski definition) is 6. The summed E-state index contributed by atoms with van der Waals surface area (Å²) in [5.41, 5.74) is 6.33. The molecule has 2 amide bonds. The highest BCUT2D eigenvalue weighted by Gasteiger charge is 2.34. The fourth-order valence-electron chi connectivity index (χ4n) is 1.71. The average molecular weight is 321 g/mol. The lowest BCUT2D eigenvalue weighted by Crippen LogP contribution is -2.58. The summed E-state index contributed by atoms with van der Waals surface area (Å²) in [7, 11) is 1.25. The van der Waals surface area contributed by atoms with Crippen LogP contribution >= 0.6 is 0 Å². The Morgan fingerprint density at radius 2 is 1.78 bits per heavy atom. The van der Waals surface area contributed by atoms with Crippen LogP contribution < -0.4 is 16.4 Å². The molecule has 8 heteroatoms. The van der Waals surface area contributed by atoms with Gasteiger partial charge < -0.3 is 21.1 Å². The van der Waals surface area contributed by atoms with Gasteiger partial charge in [-0.05, 0) is 12.5 Å². The molecule has 23 heavy (non-hydrogen) atoms. The van der Waals surface area contributed by atoms with Crippen LogP contribution in [0.2, 0.25) is 0 Å². The molecule has 0 aliphatic carbocycles. The molecule has 1 rings (SSSR count). The van der Waals surface area contributed by atoms with Crippen LogP contribution in [0.15, 0.2) is 30.3 Å². The van der Waals surface area contributed by atoms with Gasteiger partial charge in [0.2, 0.25) is 5.78 Å². The van der Waals surface area contributed by atoms with Crippen molar-refractivity contribution in [2.75, 3.05) is 7.05 Å². The van der Waals surface area contributed by atoms with Crippen molar-refractivity contribution in [2.24, 2.45) is 5.73 Å². The van der Waals surface area contributed by atoms with Gasteiger partial charge in [0.15, 0.2) is 0 Å². The molecule has 2 unspecified atom stereocenters. The number of nitrogens with one attached hydrogen (secondary N) is 2. The number of amides is 2. The van der Waals surface area contributed by atoms with Gasteiger partial charge >= 0.3 is 6.09 Å². The Kier molecular flexibility index (Phi) is 6.88. The third-order valence-electron chi connectivity index (χ3n) is 3.05. The molecular weight excluding hydrogens is 302 g/mol. The maximum Gasteiger partial charge on any atom is 0.408 e. The highest BCUT2D eigenvalue weighted by Crippen LogP contribution is 2.02. The summed E-state index contributed by atoms with van der Waals surface area (Å²) >= 11 is 0. The Morgan fingerprint density at radius 3 is 2.30 bits per heavy atom. The van der Waals surface area contributed by atoms with Crippen molar-refractivity contribution in [3.05, 3.63) is 35.9 Å². The Hall–Kier alpha value is -2.74. The lowest BCUT2D eigenvalue weighted by molar-refractivity contribution is -0.139. The quantitative estimate of drug-likeness (QED) is 0.582. The van der Waals surface area contributed by atoms with Gasteiger partial charge in [-0.25, -0.2) is 4.79 Å². The summed E-state index contributed by atoms with van der Waals surface area (Å²) in [5.74, 6) is -2.53. The van der Waals surface area contributed by atoms with Crippen molar-refractivity contribution < 1.29 is 23.9 Å². The number of carbonyl (C=O) groups excluding carboxylic acids is 4. The van der Waals surface area contributed by atoms with Crippen molar-refractivity contribution in [2.45, 2.75) is 25.6 Å². The molecule has 1 aromatic rings. The molecule has 2 atom stereocenters. The van der Waals surface area contributed by atoms with E-state index < -0.39 is 35.7 Å². The molecule has 0 aromatic heterocycles. The smallest absolute Gasteiger partial charge is 0.408 e. The van der Waals surface area contributed by atoms with E-state index in [4.69, 9.17) is 10.5 Å². The largest absolute Gasteiger partial charge is 0.445 e. The zero-order valence-electron chi connectivity index (χ0n) is 12.9. The lowest BCUT2D eigenvalue weighted by Gasteiger charge is -2.21. The molecular formula is C15H19N3O5. The van der Waals surface area contributed by atoms with Gasteiger partial charge in [0.1, 0.15) is 18.4 Å². The predicted molar refractivity (Wildman–Crippen MR) is 81.3 cm³/mol. The molecule has 0 heterocycles. The number of ether oxygens (including phenoxy) is 1. The fraction of sp³-hybridized carbons (Fsp3) is 0.333. The van der Waals surface area contributed by atoms with E-state index in [0.717, 1.165) is 12.5 Å². The number of Topliss-reactive ketones (excluding diaryl/α,β-unsaturated/α-hetero) is 2. The molecule has 0 spiro atoms. The first-order valence-electron chi connectivity index (χ1n) is 6.86. The second kappa shape index (κ2) is 8.64. The fourth-order valence-corrected chi connectivity index (χ4v) is 1.71. The number of nitrogens with two attached hydrogens (primary N) is 1. The predicted octanol–water partition coefficient (Wildman–Crippen LogP) is -0.487. The van der Waals surface area contributed by atoms with Crippen molar-refractivity contribution in [1.29, 1.82) is 0 Å². The van der Waals surface area contributed by atoms with Crippen LogP contribution in [0.25, 0.3) is 0 Å². The number of alkyl carbamates (subject to hydrolysis) is 1. The summed E-state index contributed by atoms with van der Waals surface area (Å²) in [4.78, 5) is 46.5. The third-order valence-corrected chi connectivity index (χ3v) is 3.05. The van der Waals surface area contributed by atoms with Gasteiger partial charge in [-0.3, -0.25) is 14.4 Å². The van der Waals surface area contributed by atoms with Crippen LogP contribution in [-0.4, -0.2) is 42.7 Å². The Morgan fingerprint density at radius 1 is 1.17 bits per heavy atom. The van der Waals surface area contributed by atoms with Gasteiger partial charge in [0.25, 0.3) is 5.91 Å². The summed E-state index contributed by atoms with van der Waals surface area (Å²) in [6.45, 7) is 1.13. The van der Waals surface area contributed by atoms with Gasteiger partial charge in [0, 0.05) is 7.05 Å². The Balaban J connectivity index is 2.72. The molecule has 0 saturated carbocycles.